The number of amides is 1. The maximum absolute atomic E-state index is 12.0. The van der Waals surface area contributed by atoms with Crippen molar-refractivity contribution in [3.05, 3.63) is 0 Å². The summed E-state index contributed by atoms with van der Waals surface area (Å²) in [6.07, 6.45) is 3.05. The SMILES string of the molecule is CCCNc1nnc(SCC(=O)NC(C)(C#N)C2CC2)s1. The molecule has 0 aromatic carbocycles. The molecule has 0 bridgehead atoms. The molecule has 0 radical (unpaired) electrons. The van der Waals surface area contributed by atoms with Crippen LogP contribution < -0.4 is 10.6 Å². The van der Waals surface area contributed by atoms with Crippen LogP contribution in [0.1, 0.15) is 33.1 Å². The third-order valence-corrected chi connectivity index (χ3v) is 5.30. The van der Waals surface area contributed by atoms with Crippen molar-refractivity contribution in [3.8, 4) is 6.07 Å². The van der Waals surface area contributed by atoms with E-state index in [0.29, 0.717) is 5.92 Å². The zero-order valence-corrected chi connectivity index (χ0v) is 13.8. The van der Waals surface area contributed by atoms with Crippen LogP contribution in [0.5, 0.6) is 0 Å². The van der Waals surface area contributed by atoms with Crippen molar-refractivity contribution >= 4 is 34.1 Å². The third-order valence-electron chi connectivity index (χ3n) is 3.28. The maximum atomic E-state index is 12.0. The maximum Gasteiger partial charge on any atom is 0.231 e. The Bertz CT molecular complexity index is 537. The molecule has 1 heterocycles. The smallest absolute Gasteiger partial charge is 0.231 e. The van der Waals surface area contributed by atoms with E-state index in [2.05, 4.69) is 33.8 Å². The number of hydrogen-bond acceptors (Lipinski definition) is 7. The van der Waals surface area contributed by atoms with Crippen LogP contribution in [0, 0.1) is 17.2 Å². The first kappa shape index (κ1) is 16.0. The van der Waals surface area contributed by atoms with E-state index in [0.717, 1.165) is 35.3 Å². The van der Waals surface area contributed by atoms with Crippen LogP contribution in [0.3, 0.4) is 0 Å². The Morgan fingerprint density at radius 1 is 1.57 bits per heavy atom. The number of nitriles is 1. The second-order valence-corrected chi connectivity index (χ2v) is 7.43. The van der Waals surface area contributed by atoms with Crippen molar-refractivity contribution < 1.29 is 4.79 Å². The van der Waals surface area contributed by atoms with Gasteiger partial charge in [-0.15, -0.1) is 10.2 Å². The average Bonchev–Trinajstić information content (AvgIpc) is 3.24. The van der Waals surface area contributed by atoms with Gasteiger partial charge in [-0.25, -0.2) is 0 Å². The van der Waals surface area contributed by atoms with Gasteiger partial charge >= 0.3 is 0 Å². The molecule has 1 saturated carbocycles. The highest BCUT2D eigenvalue weighted by Gasteiger charge is 2.42. The third kappa shape index (κ3) is 4.58. The van der Waals surface area contributed by atoms with Crippen LogP contribution >= 0.6 is 23.1 Å². The highest BCUT2D eigenvalue weighted by atomic mass is 32.2. The second-order valence-electron chi connectivity index (χ2n) is 5.23. The molecule has 1 unspecified atom stereocenters. The molecule has 0 saturated heterocycles. The van der Waals surface area contributed by atoms with Crippen LogP contribution in [-0.4, -0.2) is 33.9 Å². The average molecular weight is 325 g/mol. The number of aromatic nitrogens is 2. The monoisotopic (exact) mass is 325 g/mol. The number of carbonyl (C=O) groups is 1. The van der Waals surface area contributed by atoms with Crippen LogP contribution in [0.4, 0.5) is 5.13 Å². The second kappa shape index (κ2) is 7.09. The summed E-state index contributed by atoms with van der Waals surface area (Å²) in [4.78, 5) is 12.0. The topological polar surface area (TPSA) is 90.7 Å². The zero-order chi connectivity index (χ0) is 15.3. The van der Waals surface area contributed by atoms with Crippen molar-refractivity contribution in [2.75, 3.05) is 17.6 Å². The van der Waals surface area contributed by atoms with E-state index < -0.39 is 5.54 Å². The fourth-order valence-electron chi connectivity index (χ4n) is 1.91. The first-order valence-corrected chi connectivity index (χ1v) is 8.80. The van der Waals surface area contributed by atoms with Crippen molar-refractivity contribution in [3.63, 3.8) is 0 Å². The Balaban J connectivity index is 1.78. The molecule has 1 aliphatic rings. The number of rotatable bonds is 8. The van der Waals surface area contributed by atoms with Gasteiger partial charge in [-0.3, -0.25) is 4.79 Å². The number of nitrogens with zero attached hydrogens (tertiary/aromatic N) is 3. The minimum absolute atomic E-state index is 0.130. The summed E-state index contributed by atoms with van der Waals surface area (Å²) in [7, 11) is 0. The predicted molar refractivity (Wildman–Crippen MR) is 84.3 cm³/mol. The molecule has 1 aliphatic carbocycles. The lowest BCUT2D eigenvalue weighted by molar-refractivity contribution is -0.119. The fraction of sp³-hybridized carbons (Fsp3) is 0.692. The highest BCUT2D eigenvalue weighted by molar-refractivity contribution is 8.01. The summed E-state index contributed by atoms with van der Waals surface area (Å²) in [5, 5.41) is 24.0. The number of thioether (sulfide) groups is 1. The minimum Gasteiger partial charge on any atom is -0.360 e. The molecule has 8 heteroatoms. The lowest BCUT2D eigenvalue weighted by Gasteiger charge is -2.22. The summed E-state index contributed by atoms with van der Waals surface area (Å²) >= 11 is 2.79. The van der Waals surface area contributed by atoms with Gasteiger partial charge in [0, 0.05) is 6.54 Å². The van der Waals surface area contributed by atoms with E-state index in [1.165, 1.54) is 23.1 Å². The van der Waals surface area contributed by atoms with E-state index in [-0.39, 0.29) is 11.7 Å². The molecule has 21 heavy (non-hydrogen) atoms. The van der Waals surface area contributed by atoms with Gasteiger partial charge in [0.25, 0.3) is 0 Å². The molecule has 0 aliphatic heterocycles. The molecule has 1 fully saturated rings. The standard InChI is InChI=1S/C13H19N5OS2/c1-3-6-15-11-17-18-12(21-11)20-7-10(19)16-13(2,8-14)9-4-5-9/h9H,3-7H2,1-2H3,(H,15,17)(H,16,19). The molecule has 114 valence electrons. The van der Waals surface area contributed by atoms with E-state index in [4.69, 9.17) is 0 Å². The van der Waals surface area contributed by atoms with E-state index >= 15 is 0 Å². The van der Waals surface area contributed by atoms with Gasteiger partial charge in [-0.2, -0.15) is 5.26 Å². The van der Waals surface area contributed by atoms with Crippen molar-refractivity contribution in [2.45, 2.75) is 43.0 Å². The van der Waals surface area contributed by atoms with Crippen molar-refractivity contribution in [1.82, 2.24) is 15.5 Å². The van der Waals surface area contributed by atoms with Gasteiger partial charge in [-0.05, 0) is 32.1 Å². The lowest BCUT2D eigenvalue weighted by Crippen LogP contribution is -2.47. The van der Waals surface area contributed by atoms with Crippen LogP contribution in [0.15, 0.2) is 4.34 Å². The van der Waals surface area contributed by atoms with Gasteiger partial charge in [0.05, 0.1) is 11.8 Å². The molecular formula is C13H19N5OS2. The molecule has 6 nitrogen and oxygen atoms in total. The molecule has 1 atom stereocenters. The van der Waals surface area contributed by atoms with Crippen molar-refractivity contribution in [1.29, 1.82) is 5.26 Å². The zero-order valence-electron chi connectivity index (χ0n) is 12.2. The quantitative estimate of drug-likeness (QED) is 0.713. The Labute approximate surface area is 132 Å². The summed E-state index contributed by atoms with van der Waals surface area (Å²) < 4.78 is 0.758. The number of carbonyl (C=O) groups excluding carboxylic acids is 1. The van der Waals surface area contributed by atoms with Crippen LogP contribution in [0.2, 0.25) is 0 Å². The normalized spacial score (nSPS) is 16.8. The predicted octanol–water partition coefficient (Wildman–Crippen LogP) is 2.26. The van der Waals surface area contributed by atoms with Gasteiger partial charge in [0.1, 0.15) is 5.54 Å². The van der Waals surface area contributed by atoms with Gasteiger partial charge in [-0.1, -0.05) is 30.0 Å². The van der Waals surface area contributed by atoms with Gasteiger partial charge < -0.3 is 10.6 Å². The Hall–Kier alpha value is -1.33. The Morgan fingerprint density at radius 3 is 2.95 bits per heavy atom. The summed E-state index contributed by atoms with van der Waals surface area (Å²) in [5.41, 5.74) is -0.730. The van der Waals surface area contributed by atoms with E-state index in [9.17, 15) is 10.1 Å². The molecule has 0 spiro atoms. The molecule has 1 aromatic rings. The van der Waals surface area contributed by atoms with Gasteiger partial charge in [0.2, 0.25) is 11.0 Å². The highest BCUT2D eigenvalue weighted by Crippen LogP contribution is 2.39. The lowest BCUT2D eigenvalue weighted by atomic mass is 9.98. The van der Waals surface area contributed by atoms with E-state index in [1.807, 2.05) is 0 Å². The molecule has 2 N–H and O–H groups in total. The number of anilines is 1. The van der Waals surface area contributed by atoms with Crippen LogP contribution in [-0.2, 0) is 4.79 Å². The Kier molecular flexibility index (Phi) is 5.42. The number of hydrogen-bond donors (Lipinski definition) is 2. The first-order valence-electron chi connectivity index (χ1n) is 7.00. The van der Waals surface area contributed by atoms with Gasteiger partial charge in [0.15, 0.2) is 4.34 Å². The summed E-state index contributed by atoms with van der Waals surface area (Å²) in [6.45, 7) is 4.74. The minimum atomic E-state index is -0.730. The summed E-state index contributed by atoms with van der Waals surface area (Å²) in [6, 6.07) is 2.22. The van der Waals surface area contributed by atoms with E-state index in [1.54, 1.807) is 6.92 Å². The fourth-order valence-corrected chi connectivity index (χ4v) is 3.48. The largest absolute Gasteiger partial charge is 0.360 e. The Morgan fingerprint density at radius 2 is 2.33 bits per heavy atom. The molecule has 2 rings (SSSR count). The first-order chi connectivity index (χ1) is 10.1. The van der Waals surface area contributed by atoms with Crippen LogP contribution in [0.25, 0.3) is 0 Å². The summed E-state index contributed by atoms with van der Waals surface area (Å²) in [5.74, 6) is 0.420. The molecular weight excluding hydrogens is 306 g/mol. The number of nitrogens with one attached hydrogen (secondary N) is 2. The molecule has 1 aromatic heterocycles. The molecule has 1 amide bonds. The van der Waals surface area contributed by atoms with Crippen molar-refractivity contribution in [2.24, 2.45) is 5.92 Å².